The first-order chi connectivity index (χ1) is 12.7. The molecule has 1 aromatic heterocycles. The molecule has 1 heterocycles. The molecule has 0 amide bonds. The lowest BCUT2D eigenvalue weighted by molar-refractivity contribution is 0.294. The molecule has 0 spiro atoms. The van der Waals surface area contributed by atoms with Crippen LogP contribution in [-0.4, -0.2) is 7.11 Å². The summed E-state index contributed by atoms with van der Waals surface area (Å²) in [7, 11) is 1.65. The Labute approximate surface area is 152 Å². The van der Waals surface area contributed by atoms with E-state index in [4.69, 9.17) is 13.9 Å². The van der Waals surface area contributed by atoms with Gasteiger partial charge >= 0.3 is 5.63 Å². The van der Waals surface area contributed by atoms with Gasteiger partial charge in [-0.15, -0.1) is 0 Å². The quantitative estimate of drug-likeness (QED) is 0.647. The molecule has 4 nitrogen and oxygen atoms in total. The van der Waals surface area contributed by atoms with Gasteiger partial charge in [-0.25, -0.2) is 4.79 Å². The van der Waals surface area contributed by atoms with Crippen molar-refractivity contribution in [2.75, 3.05) is 7.11 Å². The SMILES string of the molecule is COc1ccccc1COc1ccc2c3c(c(=O)oc2c1C)CCCC3. The predicted molar refractivity (Wildman–Crippen MR) is 101 cm³/mol. The molecule has 0 saturated carbocycles. The van der Waals surface area contributed by atoms with Crippen molar-refractivity contribution < 1.29 is 13.9 Å². The summed E-state index contributed by atoms with van der Waals surface area (Å²) in [6, 6.07) is 11.8. The molecule has 0 saturated heterocycles. The standard InChI is InChI=1S/C22H22O4/c1-14-19(25-13-15-7-3-6-10-20(15)24-2)12-11-17-16-8-4-5-9-18(16)22(23)26-21(14)17/h3,6-7,10-12H,4-5,8-9,13H2,1-2H3. The van der Waals surface area contributed by atoms with Crippen LogP contribution in [0, 0.1) is 6.92 Å². The van der Waals surface area contributed by atoms with Crippen LogP contribution in [0.15, 0.2) is 45.6 Å². The molecule has 0 atom stereocenters. The topological polar surface area (TPSA) is 48.7 Å². The summed E-state index contributed by atoms with van der Waals surface area (Å²) in [5, 5.41) is 1.04. The molecule has 1 aliphatic rings. The van der Waals surface area contributed by atoms with Gasteiger partial charge < -0.3 is 13.9 Å². The van der Waals surface area contributed by atoms with Crippen molar-refractivity contribution >= 4 is 11.0 Å². The molecule has 4 heteroatoms. The zero-order chi connectivity index (χ0) is 18.1. The third kappa shape index (κ3) is 2.85. The molecule has 3 aromatic rings. The van der Waals surface area contributed by atoms with E-state index in [1.165, 1.54) is 0 Å². The molecule has 1 aliphatic carbocycles. The maximum Gasteiger partial charge on any atom is 0.339 e. The fourth-order valence-electron chi connectivity index (χ4n) is 3.76. The van der Waals surface area contributed by atoms with E-state index in [1.54, 1.807) is 7.11 Å². The summed E-state index contributed by atoms with van der Waals surface area (Å²) in [6.45, 7) is 2.34. The Morgan fingerprint density at radius 3 is 2.58 bits per heavy atom. The number of fused-ring (bicyclic) bond motifs is 3. The highest BCUT2D eigenvalue weighted by molar-refractivity contribution is 5.86. The Morgan fingerprint density at radius 2 is 1.77 bits per heavy atom. The largest absolute Gasteiger partial charge is 0.496 e. The predicted octanol–water partition coefficient (Wildman–Crippen LogP) is 4.57. The Hall–Kier alpha value is -2.75. The van der Waals surface area contributed by atoms with Gasteiger partial charge in [0.25, 0.3) is 0 Å². The zero-order valence-corrected chi connectivity index (χ0v) is 15.1. The maximum atomic E-state index is 12.4. The lowest BCUT2D eigenvalue weighted by Gasteiger charge is -2.18. The number of hydrogen-bond acceptors (Lipinski definition) is 4. The highest BCUT2D eigenvalue weighted by Crippen LogP contribution is 2.33. The van der Waals surface area contributed by atoms with Gasteiger partial charge in [-0.05, 0) is 56.4 Å². The van der Waals surface area contributed by atoms with Crippen molar-refractivity contribution in [3.63, 3.8) is 0 Å². The van der Waals surface area contributed by atoms with Crippen LogP contribution in [0.25, 0.3) is 11.0 Å². The lowest BCUT2D eigenvalue weighted by Crippen LogP contribution is -2.16. The minimum absolute atomic E-state index is 0.197. The molecule has 134 valence electrons. The van der Waals surface area contributed by atoms with E-state index in [2.05, 4.69) is 0 Å². The Morgan fingerprint density at radius 1 is 1.00 bits per heavy atom. The fraction of sp³-hybridized carbons (Fsp3) is 0.318. The average Bonchev–Trinajstić information content (AvgIpc) is 2.68. The molecular weight excluding hydrogens is 328 g/mol. The van der Waals surface area contributed by atoms with Crippen LogP contribution in [0.5, 0.6) is 11.5 Å². The highest BCUT2D eigenvalue weighted by Gasteiger charge is 2.20. The second-order valence-electron chi connectivity index (χ2n) is 6.72. The average molecular weight is 350 g/mol. The smallest absolute Gasteiger partial charge is 0.339 e. The first-order valence-electron chi connectivity index (χ1n) is 9.02. The van der Waals surface area contributed by atoms with Gasteiger partial charge in [-0.1, -0.05) is 18.2 Å². The van der Waals surface area contributed by atoms with Crippen molar-refractivity contribution in [3.8, 4) is 11.5 Å². The van der Waals surface area contributed by atoms with Crippen molar-refractivity contribution in [2.45, 2.75) is 39.2 Å². The summed E-state index contributed by atoms with van der Waals surface area (Å²) < 4.78 is 17.1. The molecule has 2 aromatic carbocycles. The van der Waals surface area contributed by atoms with E-state index in [-0.39, 0.29) is 5.63 Å². The zero-order valence-electron chi connectivity index (χ0n) is 15.1. The van der Waals surface area contributed by atoms with Crippen LogP contribution in [0.1, 0.15) is 35.1 Å². The van der Waals surface area contributed by atoms with Crippen LogP contribution < -0.4 is 15.1 Å². The maximum absolute atomic E-state index is 12.4. The fourth-order valence-corrected chi connectivity index (χ4v) is 3.76. The van der Waals surface area contributed by atoms with Crippen LogP contribution in [-0.2, 0) is 19.4 Å². The molecule has 0 fully saturated rings. The summed E-state index contributed by atoms with van der Waals surface area (Å²) in [4.78, 5) is 12.4. The summed E-state index contributed by atoms with van der Waals surface area (Å²) in [5.74, 6) is 1.52. The van der Waals surface area contributed by atoms with Crippen LogP contribution in [0.4, 0.5) is 0 Å². The van der Waals surface area contributed by atoms with Gasteiger partial charge in [0.1, 0.15) is 23.7 Å². The van der Waals surface area contributed by atoms with Gasteiger partial charge in [0, 0.05) is 22.1 Å². The normalized spacial score (nSPS) is 13.5. The first-order valence-corrected chi connectivity index (χ1v) is 9.02. The lowest BCUT2D eigenvalue weighted by atomic mass is 9.90. The van der Waals surface area contributed by atoms with Crippen molar-refractivity contribution in [3.05, 3.63) is 69.1 Å². The van der Waals surface area contributed by atoms with Gasteiger partial charge in [0.05, 0.1) is 7.11 Å². The van der Waals surface area contributed by atoms with E-state index < -0.39 is 0 Å². The number of para-hydroxylation sites is 1. The van der Waals surface area contributed by atoms with Crippen molar-refractivity contribution in [1.29, 1.82) is 0 Å². The molecule has 4 rings (SSSR count). The number of ether oxygens (including phenoxy) is 2. The third-order valence-electron chi connectivity index (χ3n) is 5.17. The summed E-state index contributed by atoms with van der Waals surface area (Å²) >= 11 is 0. The second-order valence-corrected chi connectivity index (χ2v) is 6.72. The van der Waals surface area contributed by atoms with E-state index in [0.717, 1.165) is 64.8 Å². The van der Waals surface area contributed by atoms with E-state index in [9.17, 15) is 4.79 Å². The van der Waals surface area contributed by atoms with Crippen LogP contribution >= 0.6 is 0 Å². The van der Waals surface area contributed by atoms with E-state index >= 15 is 0 Å². The van der Waals surface area contributed by atoms with Crippen molar-refractivity contribution in [2.24, 2.45) is 0 Å². The minimum Gasteiger partial charge on any atom is -0.496 e. The van der Waals surface area contributed by atoms with Gasteiger partial charge in [0.15, 0.2) is 0 Å². The molecule has 0 unspecified atom stereocenters. The summed E-state index contributed by atoms with van der Waals surface area (Å²) in [6.07, 6.45) is 3.94. The molecular formula is C22H22O4. The second kappa shape index (κ2) is 6.87. The van der Waals surface area contributed by atoms with Gasteiger partial charge in [-0.3, -0.25) is 0 Å². The van der Waals surface area contributed by atoms with Crippen LogP contribution in [0.2, 0.25) is 0 Å². The number of hydrogen-bond donors (Lipinski definition) is 0. The number of rotatable bonds is 4. The van der Waals surface area contributed by atoms with Gasteiger partial charge in [0.2, 0.25) is 0 Å². The van der Waals surface area contributed by atoms with E-state index in [0.29, 0.717) is 12.2 Å². The Balaban J connectivity index is 1.71. The molecule has 0 radical (unpaired) electrons. The molecule has 26 heavy (non-hydrogen) atoms. The first kappa shape index (κ1) is 16.7. The van der Waals surface area contributed by atoms with Gasteiger partial charge in [-0.2, -0.15) is 0 Å². The highest BCUT2D eigenvalue weighted by atomic mass is 16.5. The Bertz CT molecular complexity index is 1020. The molecule has 0 bridgehead atoms. The minimum atomic E-state index is -0.197. The van der Waals surface area contributed by atoms with Crippen LogP contribution in [0.3, 0.4) is 0 Å². The number of aryl methyl sites for hydroxylation is 2. The van der Waals surface area contributed by atoms with Crippen molar-refractivity contribution in [1.82, 2.24) is 0 Å². The monoisotopic (exact) mass is 350 g/mol. The third-order valence-corrected chi connectivity index (χ3v) is 5.17. The number of benzene rings is 2. The Kier molecular flexibility index (Phi) is 4.41. The molecule has 0 aliphatic heterocycles. The summed E-state index contributed by atoms with van der Waals surface area (Å²) in [5.41, 5.74) is 4.29. The number of methoxy groups -OCH3 is 1. The van der Waals surface area contributed by atoms with E-state index in [1.807, 2.05) is 43.3 Å². The molecule has 0 N–H and O–H groups in total.